The van der Waals surface area contributed by atoms with E-state index in [2.05, 4.69) is 20.2 Å². The van der Waals surface area contributed by atoms with E-state index in [-0.39, 0.29) is 5.41 Å². The van der Waals surface area contributed by atoms with Crippen LogP contribution in [0.2, 0.25) is 0 Å². The molecule has 2 saturated heterocycles. The summed E-state index contributed by atoms with van der Waals surface area (Å²) in [4.78, 5) is 24.5. The van der Waals surface area contributed by atoms with Crippen molar-refractivity contribution in [2.24, 2.45) is 5.41 Å². The van der Waals surface area contributed by atoms with Crippen molar-refractivity contribution in [1.29, 1.82) is 0 Å². The summed E-state index contributed by atoms with van der Waals surface area (Å²) >= 11 is 0. The van der Waals surface area contributed by atoms with Crippen LogP contribution in [0.4, 0.5) is 11.8 Å². The van der Waals surface area contributed by atoms with Gasteiger partial charge in [0.1, 0.15) is 11.9 Å². The van der Waals surface area contributed by atoms with Gasteiger partial charge in [0, 0.05) is 45.5 Å². The van der Waals surface area contributed by atoms with Gasteiger partial charge >= 0.3 is 5.97 Å². The summed E-state index contributed by atoms with van der Waals surface area (Å²) < 4.78 is 0. The van der Waals surface area contributed by atoms with Crippen molar-refractivity contribution in [2.75, 3.05) is 43.5 Å². The molecule has 3 rings (SSSR count). The fraction of sp³-hybridized carbons (Fsp3) is 0.688. The Hall–Kier alpha value is -1.89. The minimum absolute atomic E-state index is 0.120. The first-order valence-corrected chi connectivity index (χ1v) is 8.12. The Balaban J connectivity index is 1.68. The number of carboxylic acids is 1. The van der Waals surface area contributed by atoms with E-state index < -0.39 is 12.0 Å². The number of aromatic nitrogens is 2. The zero-order valence-corrected chi connectivity index (χ0v) is 14.0. The van der Waals surface area contributed by atoms with Gasteiger partial charge in [-0.2, -0.15) is 4.98 Å². The molecule has 3 heterocycles. The fourth-order valence-corrected chi connectivity index (χ4v) is 3.68. The second-order valence-corrected chi connectivity index (χ2v) is 7.03. The first-order valence-electron chi connectivity index (χ1n) is 8.12. The van der Waals surface area contributed by atoms with Gasteiger partial charge < -0.3 is 20.2 Å². The number of aryl methyl sites for hydroxylation is 1. The molecule has 2 fully saturated rings. The molecule has 0 aliphatic carbocycles. The van der Waals surface area contributed by atoms with Crippen molar-refractivity contribution < 1.29 is 9.90 Å². The molecule has 1 aromatic rings. The first kappa shape index (κ1) is 16.0. The molecule has 7 nitrogen and oxygen atoms in total. The summed E-state index contributed by atoms with van der Waals surface area (Å²) in [6, 6.07) is -0.391. The van der Waals surface area contributed by atoms with Gasteiger partial charge in [-0.3, -0.25) is 4.79 Å². The molecule has 2 N–H and O–H groups in total. The number of hydrogen-bond acceptors (Lipinski definition) is 6. The van der Waals surface area contributed by atoms with E-state index in [1.165, 1.54) is 0 Å². The van der Waals surface area contributed by atoms with Crippen LogP contribution in [0.1, 0.15) is 24.8 Å². The van der Waals surface area contributed by atoms with Gasteiger partial charge in [0.05, 0.1) is 0 Å². The molecule has 0 aromatic carbocycles. The van der Waals surface area contributed by atoms with Crippen molar-refractivity contribution in [3.63, 3.8) is 0 Å². The van der Waals surface area contributed by atoms with E-state index in [0.717, 1.165) is 56.2 Å². The molecule has 1 spiro atoms. The highest BCUT2D eigenvalue weighted by Gasteiger charge is 2.43. The van der Waals surface area contributed by atoms with Crippen LogP contribution in [-0.4, -0.2) is 60.8 Å². The Morgan fingerprint density at radius 2 is 2.13 bits per heavy atom. The molecule has 2 aliphatic rings. The molecule has 0 unspecified atom stereocenters. The van der Waals surface area contributed by atoms with Crippen LogP contribution in [0.15, 0.2) is 6.20 Å². The average molecular weight is 319 g/mol. The Morgan fingerprint density at radius 3 is 2.70 bits per heavy atom. The molecule has 7 heteroatoms. The van der Waals surface area contributed by atoms with E-state index in [4.69, 9.17) is 5.11 Å². The Morgan fingerprint density at radius 1 is 1.43 bits per heavy atom. The largest absolute Gasteiger partial charge is 0.480 e. The Kier molecular flexibility index (Phi) is 4.14. The van der Waals surface area contributed by atoms with Crippen LogP contribution in [0.5, 0.6) is 0 Å². The normalized spacial score (nSPS) is 23.3. The van der Waals surface area contributed by atoms with E-state index in [0.29, 0.717) is 0 Å². The fourth-order valence-electron chi connectivity index (χ4n) is 3.68. The Labute approximate surface area is 136 Å². The second-order valence-electron chi connectivity index (χ2n) is 7.03. The Bertz CT molecular complexity index is 596. The summed E-state index contributed by atoms with van der Waals surface area (Å²) in [7, 11) is 3.97. The van der Waals surface area contributed by atoms with Crippen LogP contribution in [0.3, 0.4) is 0 Å². The molecule has 0 bridgehead atoms. The molecular weight excluding hydrogens is 294 g/mol. The lowest BCUT2D eigenvalue weighted by atomic mass is 9.76. The topological polar surface area (TPSA) is 81.6 Å². The maximum Gasteiger partial charge on any atom is 0.320 e. The number of nitrogens with zero attached hydrogens (tertiary/aromatic N) is 4. The number of carboxylic acid groups (broad SMARTS) is 1. The lowest BCUT2D eigenvalue weighted by Gasteiger charge is -2.39. The molecule has 126 valence electrons. The van der Waals surface area contributed by atoms with Gasteiger partial charge in [-0.15, -0.1) is 0 Å². The van der Waals surface area contributed by atoms with Crippen molar-refractivity contribution in [2.45, 2.75) is 32.2 Å². The second kappa shape index (κ2) is 5.96. The highest BCUT2D eigenvalue weighted by molar-refractivity contribution is 5.74. The number of carbonyl (C=O) groups is 1. The standard InChI is InChI=1S/C16H25N5O2/c1-11-9-17-15(19-13(11)20(2)3)21-6-4-16(5-7-21)8-12(14(22)23)18-10-16/h9,12,18H,4-8,10H2,1-3H3,(H,22,23)/t12-/m0/s1. The van der Waals surface area contributed by atoms with Crippen molar-refractivity contribution in [3.8, 4) is 0 Å². The predicted octanol–water partition coefficient (Wildman–Crippen LogP) is 0.884. The maximum absolute atomic E-state index is 11.1. The van der Waals surface area contributed by atoms with Crippen molar-refractivity contribution >= 4 is 17.7 Å². The number of aliphatic carboxylic acids is 1. The zero-order chi connectivity index (χ0) is 16.6. The van der Waals surface area contributed by atoms with Crippen LogP contribution < -0.4 is 15.1 Å². The van der Waals surface area contributed by atoms with Crippen LogP contribution in [0, 0.1) is 12.3 Å². The van der Waals surface area contributed by atoms with Crippen LogP contribution >= 0.6 is 0 Å². The third-order valence-electron chi connectivity index (χ3n) is 5.12. The summed E-state index contributed by atoms with van der Waals surface area (Å²) in [5.41, 5.74) is 1.19. The molecule has 1 atom stereocenters. The number of nitrogens with one attached hydrogen (secondary N) is 1. The number of rotatable bonds is 3. The molecule has 0 saturated carbocycles. The third kappa shape index (κ3) is 3.10. The molecular formula is C16H25N5O2. The van der Waals surface area contributed by atoms with Gasteiger partial charge in [-0.1, -0.05) is 0 Å². The number of anilines is 2. The van der Waals surface area contributed by atoms with Gasteiger partial charge in [-0.25, -0.2) is 4.98 Å². The van der Waals surface area contributed by atoms with Gasteiger partial charge in [0.15, 0.2) is 0 Å². The van der Waals surface area contributed by atoms with E-state index >= 15 is 0 Å². The maximum atomic E-state index is 11.1. The van der Waals surface area contributed by atoms with Gasteiger partial charge in [0.2, 0.25) is 5.95 Å². The molecule has 0 amide bonds. The lowest BCUT2D eigenvalue weighted by Crippen LogP contribution is -2.42. The van der Waals surface area contributed by atoms with Crippen molar-refractivity contribution in [1.82, 2.24) is 15.3 Å². The summed E-state index contributed by atoms with van der Waals surface area (Å²) in [5.74, 6) is 0.987. The average Bonchev–Trinajstić information content (AvgIpc) is 2.93. The lowest BCUT2D eigenvalue weighted by molar-refractivity contribution is -0.139. The first-order chi connectivity index (χ1) is 10.9. The SMILES string of the molecule is Cc1cnc(N2CCC3(CC2)CN[C@H](C(=O)O)C3)nc1N(C)C. The number of hydrogen-bond donors (Lipinski definition) is 2. The minimum atomic E-state index is -0.734. The predicted molar refractivity (Wildman–Crippen MR) is 89.0 cm³/mol. The van der Waals surface area contributed by atoms with Crippen molar-refractivity contribution in [3.05, 3.63) is 11.8 Å². The van der Waals surface area contributed by atoms with E-state index in [1.54, 1.807) is 0 Å². The van der Waals surface area contributed by atoms with Crippen LogP contribution in [-0.2, 0) is 4.79 Å². The molecule has 2 aliphatic heterocycles. The molecule has 0 radical (unpaired) electrons. The quantitative estimate of drug-likeness (QED) is 0.856. The zero-order valence-electron chi connectivity index (χ0n) is 14.0. The molecule has 23 heavy (non-hydrogen) atoms. The van der Waals surface area contributed by atoms with Gasteiger partial charge in [-0.05, 0) is 31.6 Å². The van der Waals surface area contributed by atoms with Gasteiger partial charge in [0.25, 0.3) is 0 Å². The smallest absolute Gasteiger partial charge is 0.320 e. The third-order valence-corrected chi connectivity index (χ3v) is 5.12. The summed E-state index contributed by atoms with van der Waals surface area (Å²) in [6.45, 7) is 4.57. The highest BCUT2D eigenvalue weighted by atomic mass is 16.4. The number of piperidine rings is 1. The summed E-state index contributed by atoms with van der Waals surface area (Å²) in [6.07, 6.45) is 4.57. The highest BCUT2D eigenvalue weighted by Crippen LogP contribution is 2.40. The van der Waals surface area contributed by atoms with Crippen LogP contribution in [0.25, 0.3) is 0 Å². The monoisotopic (exact) mass is 319 g/mol. The molecule has 1 aromatic heterocycles. The summed E-state index contributed by atoms with van der Waals surface area (Å²) in [5, 5.41) is 12.3. The van der Waals surface area contributed by atoms with E-state index in [9.17, 15) is 4.79 Å². The minimum Gasteiger partial charge on any atom is -0.480 e. The van der Waals surface area contributed by atoms with E-state index in [1.807, 2.05) is 32.1 Å².